The largest absolute Gasteiger partial charge is 0.390 e. The van der Waals surface area contributed by atoms with Crippen LogP contribution in [0.25, 0.3) is 0 Å². The van der Waals surface area contributed by atoms with Gasteiger partial charge in [0.1, 0.15) is 5.69 Å². The van der Waals surface area contributed by atoms with Crippen LogP contribution in [-0.2, 0) is 0 Å². The van der Waals surface area contributed by atoms with E-state index in [0.29, 0.717) is 25.9 Å². The Bertz CT molecular complexity index is 501. The summed E-state index contributed by atoms with van der Waals surface area (Å²) >= 11 is 0. The molecule has 1 aromatic rings. The van der Waals surface area contributed by atoms with Crippen molar-refractivity contribution in [3.05, 3.63) is 29.3 Å². The topological polar surface area (TPSA) is 78.6 Å². The third-order valence-electron chi connectivity index (χ3n) is 3.56. The number of nitrogens with zero attached hydrogens (tertiary/aromatic N) is 1. The number of hydrogen-bond donors (Lipinski definition) is 3. The van der Waals surface area contributed by atoms with Crippen LogP contribution in [0.3, 0.4) is 0 Å². The average Bonchev–Trinajstić information content (AvgIpc) is 2.37. The van der Waals surface area contributed by atoms with Gasteiger partial charge in [-0.1, -0.05) is 0 Å². The molecule has 1 fully saturated rings. The molecule has 1 aliphatic heterocycles. The number of amides is 1. The molecule has 1 heterocycles. The summed E-state index contributed by atoms with van der Waals surface area (Å²) in [6, 6.07) is 1.90. The molecule has 0 aromatic heterocycles. The minimum Gasteiger partial charge on any atom is -0.390 e. The standard InChI is InChI=1S/C13H17F2N3O2/c1-13(20)2-4-18(5-3-13)12(19)8-6-9(14)11(17-16)10(15)7-8/h6-7,17,20H,2-5,16H2,1H3. The van der Waals surface area contributed by atoms with E-state index in [1.165, 1.54) is 4.90 Å². The van der Waals surface area contributed by atoms with Crippen molar-refractivity contribution in [2.24, 2.45) is 5.84 Å². The number of nitrogen functional groups attached to an aromatic ring is 1. The SMILES string of the molecule is CC1(O)CCN(C(=O)c2cc(F)c(NN)c(F)c2)CC1. The Morgan fingerprint density at radius 3 is 2.30 bits per heavy atom. The number of anilines is 1. The minimum atomic E-state index is -0.917. The van der Waals surface area contributed by atoms with Crippen molar-refractivity contribution in [1.82, 2.24) is 4.90 Å². The number of nitrogens with two attached hydrogens (primary N) is 1. The first-order chi connectivity index (χ1) is 9.34. The van der Waals surface area contributed by atoms with E-state index < -0.39 is 28.8 Å². The van der Waals surface area contributed by atoms with Crippen molar-refractivity contribution in [2.45, 2.75) is 25.4 Å². The molecule has 0 spiro atoms. The van der Waals surface area contributed by atoms with Crippen molar-refractivity contribution in [3.8, 4) is 0 Å². The van der Waals surface area contributed by atoms with Crippen molar-refractivity contribution < 1.29 is 18.7 Å². The third kappa shape index (κ3) is 2.88. The van der Waals surface area contributed by atoms with Crippen LogP contribution in [0.15, 0.2) is 12.1 Å². The molecule has 0 aliphatic carbocycles. The number of halogens is 2. The maximum atomic E-state index is 13.6. The van der Waals surface area contributed by atoms with Crippen LogP contribution >= 0.6 is 0 Å². The number of aliphatic hydroxyl groups is 1. The van der Waals surface area contributed by atoms with Crippen LogP contribution in [0.4, 0.5) is 14.5 Å². The van der Waals surface area contributed by atoms with Crippen LogP contribution in [-0.4, -0.2) is 34.6 Å². The average molecular weight is 285 g/mol. The number of benzene rings is 1. The maximum Gasteiger partial charge on any atom is 0.254 e. The van der Waals surface area contributed by atoms with Gasteiger partial charge in [-0.3, -0.25) is 10.6 Å². The van der Waals surface area contributed by atoms with Crippen molar-refractivity contribution in [2.75, 3.05) is 18.5 Å². The Morgan fingerprint density at radius 2 is 1.85 bits per heavy atom. The predicted octanol–water partition coefficient (Wildman–Crippen LogP) is 1.24. The summed E-state index contributed by atoms with van der Waals surface area (Å²) < 4.78 is 27.1. The second-order valence-corrected chi connectivity index (χ2v) is 5.25. The van der Waals surface area contributed by atoms with E-state index in [1.807, 2.05) is 5.43 Å². The molecule has 7 heteroatoms. The molecule has 0 unspecified atom stereocenters. The molecular weight excluding hydrogens is 268 g/mol. The molecule has 110 valence electrons. The predicted molar refractivity (Wildman–Crippen MR) is 69.9 cm³/mol. The molecule has 5 nitrogen and oxygen atoms in total. The number of hydrogen-bond acceptors (Lipinski definition) is 4. The van der Waals surface area contributed by atoms with Crippen LogP contribution in [0.2, 0.25) is 0 Å². The van der Waals surface area contributed by atoms with Crippen LogP contribution in [0, 0.1) is 11.6 Å². The summed E-state index contributed by atoms with van der Waals surface area (Å²) in [4.78, 5) is 13.6. The number of likely N-dealkylation sites (tertiary alicyclic amines) is 1. The van der Waals surface area contributed by atoms with E-state index in [-0.39, 0.29) is 5.56 Å². The first-order valence-electron chi connectivity index (χ1n) is 6.31. The van der Waals surface area contributed by atoms with Gasteiger partial charge >= 0.3 is 0 Å². The molecule has 1 saturated heterocycles. The molecule has 1 amide bonds. The summed E-state index contributed by atoms with van der Waals surface area (Å²) in [6.45, 7) is 2.41. The Hall–Kier alpha value is -1.73. The highest BCUT2D eigenvalue weighted by Gasteiger charge is 2.30. The zero-order valence-electron chi connectivity index (χ0n) is 11.1. The van der Waals surface area contributed by atoms with Gasteiger partial charge in [-0.15, -0.1) is 0 Å². The van der Waals surface area contributed by atoms with Gasteiger partial charge in [0.05, 0.1) is 5.60 Å². The van der Waals surface area contributed by atoms with Crippen molar-refractivity contribution in [3.63, 3.8) is 0 Å². The molecule has 20 heavy (non-hydrogen) atoms. The lowest BCUT2D eigenvalue weighted by atomic mass is 9.93. The quantitative estimate of drug-likeness (QED) is 0.564. The summed E-state index contributed by atoms with van der Waals surface area (Å²) in [5.41, 5.74) is 0.583. The van der Waals surface area contributed by atoms with Gasteiger partial charge < -0.3 is 15.4 Å². The number of nitrogens with one attached hydrogen (secondary N) is 1. The fourth-order valence-electron chi connectivity index (χ4n) is 2.21. The van der Waals surface area contributed by atoms with Gasteiger partial charge in [-0.25, -0.2) is 8.78 Å². The number of rotatable bonds is 2. The molecule has 1 aromatic carbocycles. The molecule has 0 bridgehead atoms. The molecular formula is C13H17F2N3O2. The van der Waals surface area contributed by atoms with Gasteiger partial charge in [0.2, 0.25) is 0 Å². The van der Waals surface area contributed by atoms with E-state index in [9.17, 15) is 18.7 Å². The van der Waals surface area contributed by atoms with Gasteiger partial charge in [0.15, 0.2) is 11.6 Å². The molecule has 0 saturated carbocycles. The van der Waals surface area contributed by atoms with Gasteiger partial charge in [-0.05, 0) is 31.9 Å². The molecule has 2 rings (SSSR count). The summed E-state index contributed by atoms with van der Waals surface area (Å²) in [5, 5.41) is 9.82. The molecule has 0 radical (unpaired) electrons. The third-order valence-corrected chi connectivity index (χ3v) is 3.56. The maximum absolute atomic E-state index is 13.6. The van der Waals surface area contributed by atoms with Crippen LogP contribution < -0.4 is 11.3 Å². The first-order valence-corrected chi connectivity index (χ1v) is 6.31. The molecule has 4 N–H and O–H groups in total. The van der Waals surface area contributed by atoms with E-state index in [4.69, 9.17) is 5.84 Å². The lowest BCUT2D eigenvalue weighted by Crippen LogP contribution is -2.45. The Labute approximate surface area is 115 Å². The fraction of sp³-hybridized carbons (Fsp3) is 0.462. The molecule has 1 aliphatic rings. The van der Waals surface area contributed by atoms with E-state index >= 15 is 0 Å². The lowest BCUT2D eigenvalue weighted by molar-refractivity contribution is -0.00205. The smallest absolute Gasteiger partial charge is 0.254 e. The van der Waals surface area contributed by atoms with Crippen molar-refractivity contribution >= 4 is 11.6 Å². The zero-order valence-corrected chi connectivity index (χ0v) is 11.1. The van der Waals surface area contributed by atoms with E-state index in [2.05, 4.69) is 0 Å². The van der Waals surface area contributed by atoms with Crippen LogP contribution in [0.5, 0.6) is 0 Å². The van der Waals surface area contributed by atoms with Gasteiger partial charge in [0, 0.05) is 18.7 Å². The highest BCUT2D eigenvalue weighted by Crippen LogP contribution is 2.24. The second-order valence-electron chi connectivity index (χ2n) is 5.25. The highest BCUT2D eigenvalue weighted by molar-refractivity contribution is 5.94. The second kappa shape index (κ2) is 5.34. The summed E-state index contributed by atoms with van der Waals surface area (Å²) in [5.74, 6) is 2.71. The minimum absolute atomic E-state index is 0.0689. The first kappa shape index (κ1) is 14.7. The Morgan fingerprint density at radius 1 is 1.35 bits per heavy atom. The lowest BCUT2D eigenvalue weighted by Gasteiger charge is -2.35. The Balaban J connectivity index is 2.18. The van der Waals surface area contributed by atoms with Gasteiger partial charge in [-0.2, -0.15) is 0 Å². The fourth-order valence-corrected chi connectivity index (χ4v) is 2.21. The van der Waals surface area contributed by atoms with Gasteiger partial charge in [0.25, 0.3) is 5.91 Å². The van der Waals surface area contributed by atoms with Crippen LogP contribution in [0.1, 0.15) is 30.1 Å². The van der Waals surface area contributed by atoms with E-state index in [1.54, 1.807) is 6.92 Å². The highest BCUT2D eigenvalue weighted by atomic mass is 19.1. The number of hydrazine groups is 1. The normalized spacial score (nSPS) is 17.9. The number of carbonyl (C=O) groups excluding carboxylic acids is 1. The summed E-state index contributed by atoms with van der Waals surface area (Å²) in [6.07, 6.45) is 0.873. The summed E-state index contributed by atoms with van der Waals surface area (Å²) in [7, 11) is 0. The number of carbonyl (C=O) groups is 1. The van der Waals surface area contributed by atoms with E-state index in [0.717, 1.165) is 12.1 Å². The van der Waals surface area contributed by atoms with Crippen molar-refractivity contribution in [1.29, 1.82) is 0 Å². The zero-order chi connectivity index (χ0) is 14.9. The number of piperidine rings is 1. The Kier molecular flexibility index (Phi) is 3.92. The molecule has 0 atom stereocenters. The monoisotopic (exact) mass is 285 g/mol.